The van der Waals surface area contributed by atoms with Crippen LogP contribution in [0.15, 0.2) is 0 Å². The second kappa shape index (κ2) is 5.01. The van der Waals surface area contributed by atoms with E-state index in [1.54, 1.807) is 0 Å². The summed E-state index contributed by atoms with van der Waals surface area (Å²) in [5, 5.41) is 0. The van der Waals surface area contributed by atoms with E-state index in [2.05, 4.69) is 4.43 Å². The standard InChI is InChI=1S/C9H17F6NOSi/c1-16(2)6-7(8(10,11)12,9(13,14)15)17-18(3,4)5/h6H2,1-5H3. The molecule has 0 rings (SSSR count). The second-order valence-corrected chi connectivity index (χ2v) is 9.70. The lowest BCUT2D eigenvalue weighted by atomic mass is 10.0. The average molecular weight is 297 g/mol. The minimum absolute atomic E-state index is 0.821. The lowest BCUT2D eigenvalue weighted by Gasteiger charge is -2.42. The number of hydrogen-bond acceptors (Lipinski definition) is 2. The molecule has 0 amide bonds. The Labute approximate surface area is 103 Å². The zero-order valence-corrected chi connectivity index (χ0v) is 11.8. The van der Waals surface area contributed by atoms with Crippen LogP contribution in [-0.2, 0) is 4.43 Å². The van der Waals surface area contributed by atoms with Crippen LogP contribution in [0.4, 0.5) is 26.3 Å². The molecule has 0 bridgehead atoms. The molecular formula is C9H17F6NOSi. The zero-order chi connectivity index (χ0) is 15.0. The van der Waals surface area contributed by atoms with Crippen LogP contribution < -0.4 is 0 Å². The molecule has 0 aromatic carbocycles. The smallest absolute Gasteiger partial charge is 0.396 e. The van der Waals surface area contributed by atoms with Crippen LogP contribution in [0.1, 0.15) is 0 Å². The molecule has 0 aliphatic rings. The summed E-state index contributed by atoms with van der Waals surface area (Å²) in [4.78, 5) is 0.821. The van der Waals surface area contributed by atoms with Crippen LogP contribution in [0.3, 0.4) is 0 Å². The predicted molar refractivity (Wildman–Crippen MR) is 57.8 cm³/mol. The maximum Gasteiger partial charge on any atom is 0.426 e. The van der Waals surface area contributed by atoms with Gasteiger partial charge < -0.3 is 9.33 Å². The van der Waals surface area contributed by atoms with Crippen molar-refractivity contribution in [3.8, 4) is 0 Å². The van der Waals surface area contributed by atoms with Crippen molar-refractivity contribution in [2.75, 3.05) is 20.6 Å². The van der Waals surface area contributed by atoms with Crippen LogP contribution >= 0.6 is 0 Å². The van der Waals surface area contributed by atoms with Crippen molar-refractivity contribution in [1.29, 1.82) is 0 Å². The summed E-state index contributed by atoms with van der Waals surface area (Å²) >= 11 is 0. The minimum Gasteiger partial charge on any atom is -0.396 e. The minimum atomic E-state index is -5.52. The Morgan fingerprint density at radius 2 is 1.22 bits per heavy atom. The zero-order valence-electron chi connectivity index (χ0n) is 10.8. The van der Waals surface area contributed by atoms with Gasteiger partial charge in [-0.25, -0.2) is 0 Å². The third kappa shape index (κ3) is 4.13. The largest absolute Gasteiger partial charge is 0.426 e. The second-order valence-electron chi connectivity index (χ2n) is 5.27. The Bertz CT molecular complexity index is 266. The van der Waals surface area contributed by atoms with Gasteiger partial charge in [0.1, 0.15) is 0 Å². The van der Waals surface area contributed by atoms with Crippen LogP contribution in [-0.4, -0.2) is 51.8 Å². The van der Waals surface area contributed by atoms with Gasteiger partial charge in [0, 0.05) is 6.54 Å². The van der Waals surface area contributed by atoms with E-state index in [9.17, 15) is 26.3 Å². The first-order valence-electron chi connectivity index (χ1n) is 5.11. The number of hydrogen-bond donors (Lipinski definition) is 0. The summed E-state index contributed by atoms with van der Waals surface area (Å²) in [6, 6.07) is 0. The number of nitrogens with zero attached hydrogens (tertiary/aromatic N) is 1. The number of likely N-dealkylation sites (N-methyl/N-ethyl adjacent to an activating group) is 1. The highest BCUT2D eigenvalue weighted by Gasteiger charge is 2.73. The molecule has 0 aromatic rings. The summed E-state index contributed by atoms with van der Waals surface area (Å²) < 4.78 is 82.0. The average Bonchev–Trinajstić information content (AvgIpc) is 1.93. The molecule has 0 aromatic heterocycles. The third-order valence-corrected chi connectivity index (χ3v) is 2.90. The third-order valence-electron chi connectivity index (χ3n) is 1.94. The monoisotopic (exact) mass is 297 g/mol. The fourth-order valence-electron chi connectivity index (χ4n) is 1.46. The molecule has 0 spiro atoms. The molecule has 9 heteroatoms. The fourth-order valence-corrected chi connectivity index (χ4v) is 2.80. The van der Waals surface area contributed by atoms with E-state index in [1.807, 2.05) is 0 Å². The summed E-state index contributed by atoms with van der Waals surface area (Å²) in [6.45, 7) is 2.57. The van der Waals surface area contributed by atoms with Gasteiger partial charge in [-0.3, -0.25) is 0 Å². The van der Waals surface area contributed by atoms with Gasteiger partial charge in [-0.2, -0.15) is 26.3 Å². The van der Waals surface area contributed by atoms with Gasteiger partial charge in [0.2, 0.25) is 0 Å². The van der Waals surface area contributed by atoms with Crippen LogP contribution in [0.25, 0.3) is 0 Å². The van der Waals surface area contributed by atoms with E-state index in [0.717, 1.165) is 19.0 Å². The van der Waals surface area contributed by atoms with Crippen molar-refractivity contribution >= 4 is 8.32 Å². The lowest BCUT2D eigenvalue weighted by molar-refractivity contribution is -0.362. The molecule has 18 heavy (non-hydrogen) atoms. The summed E-state index contributed by atoms with van der Waals surface area (Å²) in [5.41, 5.74) is -4.13. The van der Waals surface area contributed by atoms with Crippen molar-refractivity contribution in [3.63, 3.8) is 0 Å². The Balaban J connectivity index is 5.73. The van der Waals surface area contributed by atoms with Crippen molar-refractivity contribution in [3.05, 3.63) is 0 Å². The van der Waals surface area contributed by atoms with E-state index in [1.165, 1.54) is 19.6 Å². The Kier molecular flexibility index (Phi) is 4.93. The van der Waals surface area contributed by atoms with E-state index in [4.69, 9.17) is 0 Å². The van der Waals surface area contributed by atoms with Crippen LogP contribution in [0.2, 0.25) is 19.6 Å². The number of halogens is 6. The molecule has 0 heterocycles. The lowest BCUT2D eigenvalue weighted by Crippen LogP contribution is -2.66. The molecule has 0 unspecified atom stereocenters. The molecule has 0 radical (unpaired) electrons. The van der Waals surface area contributed by atoms with Crippen molar-refractivity contribution in [2.24, 2.45) is 0 Å². The highest BCUT2D eigenvalue weighted by atomic mass is 28.4. The van der Waals surface area contributed by atoms with Gasteiger partial charge in [0.25, 0.3) is 5.60 Å². The molecule has 0 N–H and O–H groups in total. The molecule has 0 atom stereocenters. The molecule has 2 nitrogen and oxygen atoms in total. The fraction of sp³-hybridized carbons (Fsp3) is 1.00. The predicted octanol–water partition coefficient (Wildman–Crippen LogP) is 3.26. The highest BCUT2D eigenvalue weighted by Crippen LogP contribution is 2.47. The van der Waals surface area contributed by atoms with E-state index in [0.29, 0.717) is 0 Å². The van der Waals surface area contributed by atoms with Gasteiger partial charge in [0.05, 0.1) is 0 Å². The van der Waals surface area contributed by atoms with Gasteiger partial charge in [-0.15, -0.1) is 0 Å². The molecule has 0 saturated heterocycles. The Morgan fingerprint density at radius 1 is 0.889 bits per heavy atom. The molecule has 0 saturated carbocycles. The topological polar surface area (TPSA) is 12.5 Å². The summed E-state index contributed by atoms with van der Waals surface area (Å²) in [7, 11) is -0.768. The molecule has 0 aliphatic heterocycles. The molecule has 110 valence electrons. The Morgan fingerprint density at radius 3 is 1.39 bits per heavy atom. The highest BCUT2D eigenvalue weighted by molar-refractivity contribution is 6.69. The van der Waals surface area contributed by atoms with Gasteiger partial charge in [-0.1, -0.05) is 0 Å². The van der Waals surface area contributed by atoms with Crippen LogP contribution in [0.5, 0.6) is 0 Å². The van der Waals surface area contributed by atoms with Crippen molar-refractivity contribution < 1.29 is 30.8 Å². The first-order valence-corrected chi connectivity index (χ1v) is 8.51. The quantitative estimate of drug-likeness (QED) is 0.583. The Hall–Kier alpha value is -0.283. The summed E-state index contributed by atoms with van der Waals surface area (Å²) in [5.74, 6) is 0. The van der Waals surface area contributed by atoms with Crippen LogP contribution in [0, 0.1) is 0 Å². The van der Waals surface area contributed by atoms with Crippen molar-refractivity contribution in [2.45, 2.75) is 37.6 Å². The maximum absolute atomic E-state index is 12.9. The number of rotatable bonds is 4. The molecule has 0 aliphatic carbocycles. The van der Waals surface area contributed by atoms with E-state index >= 15 is 0 Å². The van der Waals surface area contributed by atoms with Gasteiger partial charge in [-0.05, 0) is 33.7 Å². The SMILES string of the molecule is CN(C)CC(O[Si](C)(C)C)(C(F)(F)F)C(F)(F)F. The first-order chi connectivity index (χ1) is 7.62. The first kappa shape index (κ1) is 17.7. The van der Waals surface area contributed by atoms with Gasteiger partial charge in [0.15, 0.2) is 8.32 Å². The normalized spacial score (nSPS) is 15.3. The molecular weight excluding hydrogens is 280 g/mol. The maximum atomic E-state index is 12.9. The van der Waals surface area contributed by atoms with E-state index in [-0.39, 0.29) is 0 Å². The van der Waals surface area contributed by atoms with Gasteiger partial charge >= 0.3 is 12.4 Å². The number of alkyl halides is 6. The van der Waals surface area contributed by atoms with Crippen molar-refractivity contribution in [1.82, 2.24) is 4.90 Å². The summed E-state index contributed by atoms with van der Waals surface area (Å²) in [6.07, 6.45) is -11.0. The van der Waals surface area contributed by atoms with E-state index < -0.39 is 32.8 Å². The molecule has 0 fully saturated rings.